The normalized spacial score (nSPS) is 14.8. The van der Waals surface area contributed by atoms with Crippen LogP contribution in [0.3, 0.4) is 0 Å². The number of carbonyl (C=O) groups is 2. The van der Waals surface area contributed by atoms with Crippen molar-refractivity contribution in [1.82, 2.24) is 0 Å². The van der Waals surface area contributed by atoms with E-state index in [-0.39, 0.29) is 6.42 Å². The molecular formula is C22H41NO5. The first kappa shape index (κ1) is 26.8. The summed E-state index contributed by atoms with van der Waals surface area (Å²) in [5.74, 6) is -0.411. The van der Waals surface area contributed by atoms with E-state index in [0.29, 0.717) is 18.6 Å². The molecule has 0 aliphatic heterocycles. The lowest BCUT2D eigenvalue weighted by molar-refractivity contribution is -0.154. The number of nitrogens with two attached hydrogens (primary N) is 1. The molecule has 0 fully saturated rings. The van der Waals surface area contributed by atoms with Crippen LogP contribution in [0.25, 0.3) is 0 Å². The van der Waals surface area contributed by atoms with Gasteiger partial charge < -0.3 is 20.7 Å². The Balaban J connectivity index is 3.70. The fourth-order valence-electron chi connectivity index (χ4n) is 3.06. The van der Waals surface area contributed by atoms with Crippen molar-refractivity contribution in [3.05, 3.63) is 12.2 Å². The SMILES string of the molecule is CCCCCCC(=O)CCCCCC/C=C/CC[C@H](O)[C@@](N)(CO)C(=O)OC. The third-order valence-corrected chi connectivity index (χ3v) is 5.08. The second-order valence-corrected chi connectivity index (χ2v) is 7.56. The van der Waals surface area contributed by atoms with Crippen molar-refractivity contribution >= 4 is 11.8 Å². The Morgan fingerprint density at radius 3 is 2.14 bits per heavy atom. The van der Waals surface area contributed by atoms with Gasteiger partial charge in [0.05, 0.1) is 19.8 Å². The number of hydrogen-bond donors (Lipinski definition) is 3. The predicted molar refractivity (Wildman–Crippen MR) is 112 cm³/mol. The van der Waals surface area contributed by atoms with Crippen molar-refractivity contribution in [2.75, 3.05) is 13.7 Å². The van der Waals surface area contributed by atoms with Gasteiger partial charge in [-0.2, -0.15) is 0 Å². The number of ketones is 1. The van der Waals surface area contributed by atoms with Gasteiger partial charge in [0, 0.05) is 12.8 Å². The maximum atomic E-state index is 11.7. The van der Waals surface area contributed by atoms with E-state index in [1.54, 1.807) is 0 Å². The van der Waals surface area contributed by atoms with Crippen molar-refractivity contribution in [2.24, 2.45) is 5.73 Å². The molecule has 6 nitrogen and oxygen atoms in total. The summed E-state index contributed by atoms with van der Waals surface area (Å²) in [6.45, 7) is 1.51. The number of Topliss-reactive ketones (excluding diaryl/α,β-unsaturated/α-hetero) is 1. The quantitative estimate of drug-likeness (QED) is 0.185. The number of esters is 1. The van der Waals surface area contributed by atoms with E-state index in [2.05, 4.69) is 17.7 Å². The molecule has 0 aliphatic rings. The number of hydrogen-bond acceptors (Lipinski definition) is 6. The summed E-state index contributed by atoms with van der Waals surface area (Å²) in [5, 5.41) is 19.3. The number of aliphatic hydroxyl groups is 2. The van der Waals surface area contributed by atoms with E-state index in [9.17, 15) is 19.8 Å². The molecule has 6 heteroatoms. The zero-order valence-corrected chi connectivity index (χ0v) is 17.8. The molecule has 0 amide bonds. The predicted octanol–water partition coefficient (Wildman–Crippen LogP) is 3.43. The summed E-state index contributed by atoms with van der Waals surface area (Å²) >= 11 is 0. The van der Waals surface area contributed by atoms with Gasteiger partial charge in [0.25, 0.3) is 0 Å². The van der Waals surface area contributed by atoms with Gasteiger partial charge in [-0.05, 0) is 38.5 Å². The first-order chi connectivity index (χ1) is 13.4. The lowest BCUT2D eigenvalue weighted by atomic mass is 9.91. The maximum Gasteiger partial charge on any atom is 0.330 e. The minimum atomic E-state index is -1.77. The summed E-state index contributed by atoms with van der Waals surface area (Å²) < 4.78 is 4.54. The number of allylic oxidation sites excluding steroid dienone is 2. The standard InChI is InChI=1S/C22H41NO5/c1-3-4-5-12-15-19(25)16-13-10-8-6-7-9-11-14-17-20(26)22(23,18-24)21(27)28-2/h9,11,20,24,26H,3-8,10,12-18,23H2,1-2H3/b11-9+/t20-,22-/m0/s1. The molecule has 0 unspecified atom stereocenters. The Morgan fingerprint density at radius 1 is 1.00 bits per heavy atom. The summed E-state index contributed by atoms with van der Waals surface area (Å²) in [4.78, 5) is 23.3. The van der Waals surface area contributed by atoms with E-state index in [1.807, 2.05) is 6.08 Å². The number of ether oxygens (including phenoxy) is 1. The zero-order valence-electron chi connectivity index (χ0n) is 17.8. The number of methoxy groups -OCH3 is 1. The van der Waals surface area contributed by atoms with Crippen LogP contribution in [0.1, 0.15) is 90.4 Å². The molecule has 28 heavy (non-hydrogen) atoms. The van der Waals surface area contributed by atoms with Gasteiger partial charge in [-0.3, -0.25) is 4.79 Å². The lowest BCUT2D eigenvalue weighted by Gasteiger charge is -2.29. The third-order valence-electron chi connectivity index (χ3n) is 5.08. The molecule has 2 atom stereocenters. The van der Waals surface area contributed by atoms with Gasteiger partial charge in [0.15, 0.2) is 5.54 Å². The highest BCUT2D eigenvalue weighted by atomic mass is 16.5. The average Bonchev–Trinajstić information content (AvgIpc) is 2.70. The molecule has 0 aromatic carbocycles. The summed E-state index contributed by atoms with van der Waals surface area (Å²) in [7, 11) is 1.18. The van der Waals surface area contributed by atoms with Gasteiger partial charge in [-0.1, -0.05) is 51.2 Å². The van der Waals surface area contributed by atoms with Crippen LogP contribution in [-0.2, 0) is 14.3 Å². The summed E-state index contributed by atoms with van der Waals surface area (Å²) in [6.07, 6.45) is 15.0. The van der Waals surface area contributed by atoms with E-state index in [0.717, 1.165) is 44.9 Å². The molecule has 0 radical (unpaired) electrons. The van der Waals surface area contributed by atoms with Crippen LogP contribution in [0.15, 0.2) is 12.2 Å². The number of rotatable bonds is 18. The minimum absolute atomic E-state index is 0.281. The van der Waals surface area contributed by atoms with Gasteiger partial charge in [-0.25, -0.2) is 4.79 Å². The van der Waals surface area contributed by atoms with Crippen LogP contribution in [-0.4, -0.2) is 47.3 Å². The zero-order chi connectivity index (χ0) is 21.3. The van der Waals surface area contributed by atoms with Gasteiger partial charge in [0.2, 0.25) is 0 Å². The highest BCUT2D eigenvalue weighted by Crippen LogP contribution is 2.15. The molecule has 0 aromatic heterocycles. The van der Waals surface area contributed by atoms with Crippen molar-refractivity contribution in [1.29, 1.82) is 0 Å². The second kappa shape index (κ2) is 16.7. The molecule has 0 spiro atoms. The number of carbonyl (C=O) groups excluding carboxylic acids is 2. The van der Waals surface area contributed by atoms with Gasteiger partial charge >= 0.3 is 5.97 Å². The van der Waals surface area contributed by atoms with E-state index >= 15 is 0 Å². The highest BCUT2D eigenvalue weighted by Gasteiger charge is 2.41. The van der Waals surface area contributed by atoms with Crippen LogP contribution in [0, 0.1) is 0 Å². The Hall–Kier alpha value is -1.24. The van der Waals surface area contributed by atoms with Crippen molar-refractivity contribution in [2.45, 2.75) is 102 Å². The molecule has 0 heterocycles. The monoisotopic (exact) mass is 399 g/mol. The molecule has 0 rings (SSSR count). The first-order valence-corrected chi connectivity index (χ1v) is 10.7. The lowest BCUT2D eigenvalue weighted by Crippen LogP contribution is -2.60. The molecule has 0 aliphatic carbocycles. The topological polar surface area (TPSA) is 110 Å². The maximum absolute atomic E-state index is 11.7. The average molecular weight is 400 g/mol. The van der Waals surface area contributed by atoms with Crippen molar-refractivity contribution < 1.29 is 24.5 Å². The van der Waals surface area contributed by atoms with Crippen LogP contribution in [0.2, 0.25) is 0 Å². The van der Waals surface area contributed by atoms with E-state index in [1.165, 1.54) is 26.4 Å². The largest absolute Gasteiger partial charge is 0.468 e. The Labute approximate surface area is 170 Å². The molecular weight excluding hydrogens is 358 g/mol. The minimum Gasteiger partial charge on any atom is -0.468 e. The van der Waals surface area contributed by atoms with Gasteiger partial charge in [-0.15, -0.1) is 0 Å². The van der Waals surface area contributed by atoms with Crippen molar-refractivity contribution in [3.63, 3.8) is 0 Å². The molecule has 0 bridgehead atoms. The first-order valence-electron chi connectivity index (χ1n) is 10.7. The molecule has 0 saturated carbocycles. The van der Waals surface area contributed by atoms with Crippen LogP contribution >= 0.6 is 0 Å². The van der Waals surface area contributed by atoms with Gasteiger partial charge in [0.1, 0.15) is 5.78 Å². The van der Waals surface area contributed by atoms with Crippen molar-refractivity contribution in [3.8, 4) is 0 Å². The Kier molecular flexibility index (Phi) is 16.0. The fraction of sp³-hybridized carbons (Fsp3) is 0.818. The Morgan fingerprint density at radius 2 is 1.57 bits per heavy atom. The third kappa shape index (κ3) is 11.6. The smallest absolute Gasteiger partial charge is 0.330 e. The molecule has 0 aromatic rings. The number of unbranched alkanes of at least 4 members (excludes halogenated alkanes) is 7. The second-order valence-electron chi connectivity index (χ2n) is 7.56. The van der Waals surface area contributed by atoms with Crippen LogP contribution in [0.5, 0.6) is 0 Å². The molecule has 164 valence electrons. The number of aliphatic hydroxyl groups excluding tert-OH is 2. The molecule has 0 saturated heterocycles. The van der Waals surface area contributed by atoms with E-state index < -0.39 is 24.2 Å². The fourth-order valence-corrected chi connectivity index (χ4v) is 3.06. The Bertz CT molecular complexity index is 452. The van der Waals surface area contributed by atoms with Crippen LogP contribution in [0.4, 0.5) is 0 Å². The van der Waals surface area contributed by atoms with Crippen LogP contribution < -0.4 is 5.73 Å². The van der Waals surface area contributed by atoms with E-state index in [4.69, 9.17) is 5.73 Å². The summed E-state index contributed by atoms with van der Waals surface area (Å²) in [6, 6.07) is 0. The highest BCUT2D eigenvalue weighted by molar-refractivity contribution is 5.81. The molecule has 4 N–H and O–H groups in total. The summed E-state index contributed by atoms with van der Waals surface area (Å²) in [5.41, 5.74) is 3.97.